The Balaban J connectivity index is 0.000000179. The first kappa shape index (κ1) is 58.2. The van der Waals surface area contributed by atoms with E-state index in [1.54, 1.807) is 6.20 Å². The fourth-order valence-electron chi connectivity index (χ4n) is 9.06. The average molecular weight is 1010 g/mol. The van der Waals surface area contributed by atoms with Gasteiger partial charge in [-0.3, -0.25) is 34.6 Å². The third-order valence-corrected chi connectivity index (χ3v) is 13.8. The molecule has 1 N–H and O–H groups in total. The molecule has 4 fully saturated rings. The Morgan fingerprint density at radius 1 is 0.431 bits per heavy atom. The second kappa shape index (κ2) is 29.2. The first-order chi connectivity index (χ1) is 34.4. The zero-order chi connectivity index (χ0) is 52.2. The van der Waals surface area contributed by atoms with Gasteiger partial charge in [0.15, 0.2) is 0 Å². The van der Waals surface area contributed by atoms with Gasteiger partial charge in [0.25, 0.3) is 6.43 Å². The lowest BCUT2D eigenvalue weighted by Crippen LogP contribution is -2.49. The van der Waals surface area contributed by atoms with E-state index in [4.69, 9.17) is 5.11 Å². The Bertz CT molecular complexity index is 2130. The van der Waals surface area contributed by atoms with Crippen molar-refractivity contribution in [2.24, 2.45) is 0 Å². The molecular weight excluding hydrogens is 926 g/mol. The molecular formula is C55H84F5N11O. The molecule has 4 aliphatic heterocycles. The molecule has 4 saturated heterocycles. The summed E-state index contributed by atoms with van der Waals surface area (Å²) in [7, 11) is 0. The highest BCUT2D eigenvalue weighted by Crippen LogP contribution is 2.26. The van der Waals surface area contributed by atoms with Crippen molar-refractivity contribution < 1.29 is 27.1 Å². The largest absolute Gasteiger partial charge is 0.401 e. The first-order valence-corrected chi connectivity index (χ1v) is 26.3. The van der Waals surface area contributed by atoms with Gasteiger partial charge in [0.2, 0.25) is 0 Å². The molecule has 12 nitrogen and oxygen atoms in total. The van der Waals surface area contributed by atoms with Crippen LogP contribution in [0.3, 0.4) is 0 Å². The zero-order valence-corrected chi connectivity index (χ0v) is 44.4. The molecule has 4 aliphatic rings. The van der Waals surface area contributed by atoms with Crippen LogP contribution in [0, 0.1) is 0 Å². The Kier molecular flexibility index (Phi) is 23.6. The molecule has 17 heteroatoms. The van der Waals surface area contributed by atoms with E-state index in [-0.39, 0.29) is 13.2 Å². The van der Waals surface area contributed by atoms with Crippen LogP contribution in [0.2, 0.25) is 0 Å². The number of piperazine rings is 3. The van der Waals surface area contributed by atoms with Gasteiger partial charge in [0.05, 0.1) is 67.2 Å². The molecule has 0 spiro atoms. The minimum Gasteiger partial charge on any atom is -0.395 e. The number of aliphatic hydroxyl groups excluding tert-OH is 1. The fourth-order valence-corrected chi connectivity index (χ4v) is 9.06. The van der Waals surface area contributed by atoms with Crippen molar-refractivity contribution in [2.75, 3.05) is 137 Å². The smallest absolute Gasteiger partial charge is 0.395 e. The van der Waals surface area contributed by atoms with E-state index in [9.17, 15) is 22.0 Å². The Hall–Kier alpha value is -4.71. The van der Waals surface area contributed by atoms with Gasteiger partial charge in [-0.1, -0.05) is 55.4 Å². The molecule has 0 aromatic carbocycles. The van der Waals surface area contributed by atoms with Crippen molar-refractivity contribution in [1.29, 1.82) is 0 Å². The molecule has 8 rings (SSSR count). The maximum atomic E-state index is 12.3. The number of anilines is 4. The molecule has 8 heterocycles. The zero-order valence-electron chi connectivity index (χ0n) is 44.4. The number of piperidine rings is 1. The van der Waals surface area contributed by atoms with Crippen molar-refractivity contribution in [2.45, 2.75) is 111 Å². The highest BCUT2D eigenvalue weighted by Gasteiger charge is 2.32. The number of halogens is 5. The predicted molar refractivity (Wildman–Crippen MR) is 284 cm³/mol. The van der Waals surface area contributed by atoms with Crippen LogP contribution in [0.1, 0.15) is 121 Å². The van der Waals surface area contributed by atoms with Gasteiger partial charge >= 0.3 is 6.18 Å². The van der Waals surface area contributed by atoms with Crippen molar-refractivity contribution in [3.05, 3.63) is 96.1 Å². The number of hydrogen-bond acceptors (Lipinski definition) is 12. The molecule has 0 saturated carbocycles. The van der Waals surface area contributed by atoms with Gasteiger partial charge in [-0.25, -0.2) is 8.78 Å². The van der Waals surface area contributed by atoms with Crippen LogP contribution in [0.4, 0.5) is 44.7 Å². The second-order valence-corrected chi connectivity index (χ2v) is 20.7. The second-order valence-electron chi connectivity index (χ2n) is 20.7. The summed E-state index contributed by atoms with van der Waals surface area (Å²) in [6.07, 6.45) is 12.9. The molecule has 0 unspecified atom stereocenters. The van der Waals surface area contributed by atoms with Gasteiger partial charge in [-0.05, 0) is 89.5 Å². The van der Waals surface area contributed by atoms with Crippen molar-refractivity contribution >= 4 is 22.7 Å². The number of aromatic nitrogens is 4. The number of pyridine rings is 4. The summed E-state index contributed by atoms with van der Waals surface area (Å²) in [6, 6.07) is 8.78. The van der Waals surface area contributed by atoms with Crippen LogP contribution in [-0.4, -0.2) is 170 Å². The molecule has 0 bridgehead atoms. The molecule has 0 aliphatic carbocycles. The molecule has 0 atom stereocenters. The van der Waals surface area contributed by atoms with Crippen LogP contribution in [0.15, 0.2) is 73.8 Å². The lowest BCUT2D eigenvalue weighted by Gasteiger charge is -2.36. The SMILES string of the molecule is CC(C)c1cncc(N2CCCCC2)c1.CC(C)c1cncc(N2CCN(CC(F)(F)F)CC2)c1.CC(C)c1cncc(N2CCN(CC(F)F)CC2)c1.CC(C)c1cncc(N2CCN(CCO)CC2)c1. The number of β-amino-alcohol motifs (C(OH)–C–C–N with tert-alkyl or cyclic N) is 1. The summed E-state index contributed by atoms with van der Waals surface area (Å²) in [5.74, 6) is 1.94. The van der Waals surface area contributed by atoms with Crippen molar-refractivity contribution in [3.63, 3.8) is 0 Å². The normalized spacial score (nSPS) is 17.5. The third-order valence-electron chi connectivity index (χ3n) is 13.8. The topological polar surface area (TPSA) is 94.5 Å². The Morgan fingerprint density at radius 2 is 0.736 bits per heavy atom. The van der Waals surface area contributed by atoms with Crippen molar-refractivity contribution in [1.82, 2.24) is 34.6 Å². The summed E-state index contributed by atoms with van der Waals surface area (Å²) in [6.45, 7) is 28.9. The van der Waals surface area contributed by atoms with E-state index in [1.807, 2.05) is 48.3 Å². The van der Waals surface area contributed by atoms with Crippen LogP contribution in [0.5, 0.6) is 0 Å². The van der Waals surface area contributed by atoms with Gasteiger partial charge in [-0.15, -0.1) is 0 Å². The lowest BCUT2D eigenvalue weighted by atomic mass is 10.0. The lowest BCUT2D eigenvalue weighted by molar-refractivity contribution is -0.146. The van der Waals surface area contributed by atoms with Crippen LogP contribution in [-0.2, 0) is 0 Å². The van der Waals surface area contributed by atoms with E-state index >= 15 is 0 Å². The predicted octanol–water partition coefficient (Wildman–Crippen LogP) is 10.00. The molecule has 72 heavy (non-hydrogen) atoms. The maximum absolute atomic E-state index is 12.3. The fraction of sp³-hybridized carbons (Fsp3) is 0.636. The summed E-state index contributed by atoms with van der Waals surface area (Å²) >= 11 is 0. The minimum atomic E-state index is -4.11. The summed E-state index contributed by atoms with van der Waals surface area (Å²) < 4.78 is 61.6. The number of aliphatic hydroxyl groups is 1. The Labute approximate surface area is 427 Å². The molecule has 4 aromatic heterocycles. The van der Waals surface area contributed by atoms with E-state index in [2.05, 4.69) is 124 Å². The number of alkyl halides is 5. The van der Waals surface area contributed by atoms with E-state index < -0.39 is 19.1 Å². The monoisotopic (exact) mass is 1010 g/mol. The Morgan fingerprint density at radius 3 is 1.03 bits per heavy atom. The van der Waals surface area contributed by atoms with Gasteiger partial charge in [0, 0.05) is 123 Å². The van der Waals surface area contributed by atoms with Crippen LogP contribution < -0.4 is 19.6 Å². The first-order valence-electron chi connectivity index (χ1n) is 26.3. The quantitative estimate of drug-likeness (QED) is 0.129. The van der Waals surface area contributed by atoms with Crippen molar-refractivity contribution in [3.8, 4) is 0 Å². The number of hydrogen-bond donors (Lipinski definition) is 1. The van der Waals surface area contributed by atoms with E-state index in [0.29, 0.717) is 62.9 Å². The van der Waals surface area contributed by atoms with Gasteiger partial charge in [0.1, 0.15) is 0 Å². The average Bonchev–Trinajstić information content (AvgIpc) is 3.37. The number of nitrogens with zero attached hydrogens (tertiary/aromatic N) is 11. The summed E-state index contributed by atoms with van der Waals surface area (Å²) in [5, 5.41) is 8.93. The molecule has 0 radical (unpaired) electrons. The van der Waals surface area contributed by atoms with Gasteiger partial charge in [-0.2, -0.15) is 13.2 Å². The molecule has 400 valence electrons. The minimum absolute atomic E-state index is 0.113. The molecule has 0 amide bonds. The third kappa shape index (κ3) is 19.6. The van der Waals surface area contributed by atoms with Crippen LogP contribution in [0.25, 0.3) is 0 Å². The standard InChI is InChI=1S/C14H20F3N3.C14H21F2N3.C14H23N3O.C13H20N2/c1-11(2)12-7-13(9-18-8-12)20-5-3-19(4-6-20)10-14(15,16)17;1-11(2)12-7-13(9-17-8-12)19-5-3-18(4-6-19)10-14(15)16;1-12(2)13-9-14(11-15-10-13)17-5-3-16(4-6-17)7-8-18;1-11(2)12-8-13(10-14-9-12)15-6-4-3-5-7-15/h7-9,11H,3-6,10H2,1-2H3;7-9,11,14H,3-6,10H2,1-2H3;9-12,18H,3-8H2,1-2H3;8-11H,3-7H2,1-2H3. The van der Waals surface area contributed by atoms with E-state index in [1.165, 1.54) is 65.3 Å². The van der Waals surface area contributed by atoms with Gasteiger partial charge < -0.3 is 24.7 Å². The number of rotatable bonds is 13. The highest BCUT2D eigenvalue weighted by molar-refractivity contribution is 5.50. The summed E-state index contributed by atoms with van der Waals surface area (Å²) in [5.41, 5.74) is 9.65. The molecule has 4 aromatic rings. The summed E-state index contributed by atoms with van der Waals surface area (Å²) in [4.78, 5) is 31.9. The van der Waals surface area contributed by atoms with E-state index in [0.717, 1.165) is 62.8 Å². The van der Waals surface area contributed by atoms with Crippen LogP contribution >= 0.6 is 0 Å². The highest BCUT2D eigenvalue weighted by atomic mass is 19.4. The maximum Gasteiger partial charge on any atom is 0.401 e.